The topological polar surface area (TPSA) is 85.5 Å². The number of ether oxygens (including phenoxy) is 2. The highest BCUT2D eigenvalue weighted by molar-refractivity contribution is 5.38. The van der Waals surface area contributed by atoms with Crippen LogP contribution in [0.3, 0.4) is 0 Å². The predicted molar refractivity (Wildman–Crippen MR) is 75.4 cm³/mol. The first-order valence-corrected chi connectivity index (χ1v) is 6.77. The van der Waals surface area contributed by atoms with Gasteiger partial charge in [-0.2, -0.15) is 15.0 Å². The van der Waals surface area contributed by atoms with Gasteiger partial charge in [0.1, 0.15) is 12.4 Å². The third kappa shape index (κ3) is 3.40. The molecular weight excluding hydrogens is 274 g/mol. The average Bonchev–Trinajstić information content (AvgIpc) is 3.07. The van der Waals surface area contributed by atoms with E-state index in [2.05, 4.69) is 20.3 Å². The Balaban J connectivity index is 1.75. The number of morpholine rings is 1. The fourth-order valence-electron chi connectivity index (χ4n) is 1.96. The van der Waals surface area contributed by atoms with Crippen molar-refractivity contribution in [3.8, 4) is 6.01 Å². The van der Waals surface area contributed by atoms with E-state index in [9.17, 15) is 0 Å². The Bertz CT molecular complexity index is 569. The van der Waals surface area contributed by atoms with Gasteiger partial charge in [0.25, 0.3) is 0 Å². The highest BCUT2D eigenvalue weighted by atomic mass is 16.5. The number of aromatic nitrogens is 3. The minimum Gasteiger partial charge on any atom is -0.466 e. The zero-order valence-electron chi connectivity index (χ0n) is 11.8. The van der Waals surface area contributed by atoms with Gasteiger partial charge >= 0.3 is 6.01 Å². The van der Waals surface area contributed by atoms with Gasteiger partial charge in [-0.25, -0.2) is 0 Å². The molecule has 1 aliphatic heterocycles. The summed E-state index contributed by atoms with van der Waals surface area (Å²) in [4.78, 5) is 14.9. The summed E-state index contributed by atoms with van der Waals surface area (Å²) in [7, 11) is 1.76. The Kier molecular flexibility index (Phi) is 4.15. The van der Waals surface area contributed by atoms with Crippen LogP contribution in [0.4, 0.5) is 11.9 Å². The van der Waals surface area contributed by atoms with Crippen LogP contribution in [0.25, 0.3) is 0 Å². The summed E-state index contributed by atoms with van der Waals surface area (Å²) in [5.41, 5.74) is 0. The van der Waals surface area contributed by atoms with Crippen LogP contribution in [0.15, 0.2) is 22.8 Å². The molecule has 2 aromatic rings. The second-order valence-electron chi connectivity index (χ2n) is 4.46. The largest absolute Gasteiger partial charge is 0.466 e. The lowest BCUT2D eigenvalue weighted by Gasteiger charge is -2.26. The van der Waals surface area contributed by atoms with Gasteiger partial charge in [0.2, 0.25) is 11.9 Å². The molecular formula is C13H17N5O3. The van der Waals surface area contributed by atoms with E-state index in [1.165, 1.54) is 0 Å². The van der Waals surface area contributed by atoms with E-state index in [1.807, 2.05) is 17.0 Å². The molecule has 0 amide bonds. The smallest absolute Gasteiger partial charge is 0.323 e. The molecule has 1 N–H and O–H groups in total. The van der Waals surface area contributed by atoms with Crippen LogP contribution < -0.4 is 15.0 Å². The van der Waals surface area contributed by atoms with Crippen molar-refractivity contribution in [2.45, 2.75) is 6.61 Å². The third-order valence-electron chi connectivity index (χ3n) is 3.04. The summed E-state index contributed by atoms with van der Waals surface area (Å²) in [6.07, 6.45) is 1.60. The van der Waals surface area contributed by atoms with Crippen molar-refractivity contribution in [2.75, 3.05) is 43.6 Å². The van der Waals surface area contributed by atoms with E-state index in [0.717, 1.165) is 13.1 Å². The molecule has 3 heterocycles. The van der Waals surface area contributed by atoms with Crippen LogP contribution in [0.1, 0.15) is 5.76 Å². The van der Waals surface area contributed by atoms with Gasteiger partial charge in [-0.1, -0.05) is 0 Å². The molecule has 3 rings (SSSR count). The number of nitrogens with one attached hydrogen (secondary N) is 1. The Morgan fingerprint density at radius 3 is 2.86 bits per heavy atom. The second-order valence-corrected chi connectivity index (χ2v) is 4.46. The number of hydrogen-bond donors (Lipinski definition) is 1. The van der Waals surface area contributed by atoms with Gasteiger partial charge in [-0.05, 0) is 12.1 Å². The van der Waals surface area contributed by atoms with Gasteiger partial charge < -0.3 is 24.1 Å². The van der Waals surface area contributed by atoms with E-state index in [4.69, 9.17) is 13.9 Å². The normalized spacial score (nSPS) is 15.0. The zero-order chi connectivity index (χ0) is 14.5. The maximum atomic E-state index is 5.57. The molecule has 0 radical (unpaired) electrons. The van der Waals surface area contributed by atoms with Gasteiger partial charge in [0.15, 0.2) is 0 Å². The number of nitrogens with zero attached hydrogens (tertiary/aromatic N) is 4. The lowest BCUT2D eigenvalue weighted by molar-refractivity contribution is 0.122. The SMILES string of the molecule is CNc1nc(OCc2ccco2)nc(N2CCOCC2)n1. The first-order chi connectivity index (χ1) is 10.3. The Labute approximate surface area is 122 Å². The highest BCUT2D eigenvalue weighted by Crippen LogP contribution is 2.17. The molecule has 2 aromatic heterocycles. The summed E-state index contributed by atoms with van der Waals surface area (Å²) in [5, 5.41) is 2.92. The molecule has 1 fully saturated rings. The number of furan rings is 1. The van der Waals surface area contributed by atoms with Crippen molar-refractivity contribution in [2.24, 2.45) is 0 Å². The van der Waals surface area contributed by atoms with Crippen molar-refractivity contribution in [3.63, 3.8) is 0 Å². The van der Waals surface area contributed by atoms with Crippen LogP contribution in [0.2, 0.25) is 0 Å². The van der Waals surface area contributed by atoms with E-state index >= 15 is 0 Å². The van der Waals surface area contributed by atoms with Crippen LogP contribution in [-0.2, 0) is 11.3 Å². The number of hydrogen-bond acceptors (Lipinski definition) is 8. The first-order valence-electron chi connectivity index (χ1n) is 6.77. The van der Waals surface area contributed by atoms with Gasteiger partial charge in [-0.3, -0.25) is 0 Å². The molecule has 0 bridgehead atoms. The highest BCUT2D eigenvalue weighted by Gasteiger charge is 2.17. The quantitative estimate of drug-likeness (QED) is 0.870. The zero-order valence-corrected chi connectivity index (χ0v) is 11.8. The second kappa shape index (κ2) is 6.40. The van der Waals surface area contributed by atoms with Crippen molar-refractivity contribution < 1.29 is 13.9 Å². The van der Waals surface area contributed by atoms with E-state index in [0.29, 0.717) is 30.9 Å². The van der Waals surface area contributed by atoms with Crippen molar-refractivity contribution >= 4 is 11.9 Å². The molecule has 0 saturated carbocycles. The molecule has 8 nitrogen and oxygen atoms in total. The summed E-state index contributed by atoms with van der Waals surface area (Å²) in [6.45, 7) is 3.13. The molecule has 112 valence electrons. The Morgan fingerprint density at radius 1 is 1.29 bits per heavy atom. The Hall–Kier alpha value is -2.35. The monoisotopic (exact) mass is 291 g/mol. The maximum Gasteiger partial charge on any atom is 0.323 e. The van der Waals surface area contributed by atoms with Crippen LogP contribution >= 0.6 is 0 Å². The molecule has 0 unspecified atom stereocenters. The summed E-state index contributed by atoms with van der Waals surface area (Å²) in [5.74, 6) is 1.78. The fourth-order valence-corrected chi connectivity index (χ4v) is 1.96. The first kappa shape index (κ1) is 13.6. The minimum absolute atomic E-state index is 0.271. The average molecular weight is 291 g/mol. The molecule has 0 aliphatic carbocycles. The lowest BCUT2D eigenvalue weighted by atomic mass is 10.4. The molecule has 0 spiro atoms. The summed E-state index contributed by atoms with van der Waals surface area (Å²) >= 11 is 0. The summed E-state index contributed by atoms with van der Waals surface area (Å²) < 4.78 is 16.1. The van der Waals surface area contributed by atoms with Crippen molar-refractivity contribution in [1.29, 1.82) is 0 Å². The maximum absolute atomic E-state index is 5.57. The van der Waals surface area contributed by atoms with E-state index in [1.54, 1.807) is 13.3 Å². The molecule has 1 aliphatic rings. The molecule has 8 heteroatoms. The molecule has 21 heavy (non-hydrogen) atoms. The standard InChI is InChI=1S/C13H17N5O3/c1-14-11-15-12(18-4-7-19-8-5-18)17-13(16-11)21-9-10-3-2-6-20-10/h2-3,6H,4-5,7-9H2,1H3,(H,14,15,16,17). The van der Waals surface area contributed by atoms with Crippen molar-refractivity contribution in [3.05, 3.63) is 24.2 Å². The minimum atomic E-state index is 0.271. The Morgan fingerprint density at radius 2 is 2.14 bits per heavy atom. The van der Waals surface area contributed by atoms with E-state index in [-0.39, 0.29) is 12.6 Å². The lowest BCUT2D eigenvalue weighted by Crippen LogP contribution is -2.37. The van der Waals surface area contributed by atoms with Gasteiger partial charge in [-0.15, -0.1) is 0 Å². The number of rotatable bonds is 5. The molecule has 0 aromatic carbocycles. The third-order valence-corrected chi connectivity index (χ3v) is 3.04. The summed E-state index contributed by atoms with van der Waals surface area (Å²) in [6, 6.07) is 3.92. The van der Waals surface area contributed by atoms with E-state index < -0.39 is 0 Å². The molecule has 0 atom stereocenters. The predicted octanol–water partition coefficient (Wildman–Crippen LogP) is 0.922. The van der Waals surface area contributed by atoms with Gasteiger partial charge in [0.05, 0.1) is 19.5 Å². The molecule has 1 saturated heterocycles. The van der Waals surface area contributed by atoms with Crippen LogP contribution in [0, 0.1) is 0 Å². The van der Waals surface area contributed by atoms with Crippen LogP contribution in [-0.4, -0.2) is 48.3 Å². The van der Waals surface area contributed by atoms with Crippen molar-refractivity contribution in [1.82, 2.24) is 15.0 Å². The van der Waals surface area contributed by atoms with Gasteiger partial charge in [0, 0.05) is 20.1 Å². The van der Waals surface area contributed by atoms with Crippen LogP contribution in [0.5, 0.6) is 6.01 Å². The number of anilines is 2. The fraction of sp³-hybridized carbons (Fsp3) is 0.462.